The molecule has 1 aliphatic heterocycles. The van der Waals surface area contributed by atoms with Gasteiger partial charge in [-0.05, 0) is 37.3 Å². The van der Waals surface area contributed by atoms with Crippen LogP contribution in [0, 0.1) is 5.92 Å². The van der Waals surface area contributed by atoms with Crippen molar-refractivity contribution in [3.63, 3.8) is 0 Å². The summed E-state index contributed by atoms with van der Waals surface area (Å²) in [5, 5.41) is 0. The molecule has 0 radical (unpaired) electrons. The van der Waals surface area contributed by atoms with Gasteiger partial charge in [0.25, 0.3) is 0 Å². The number of hydrogen-bond donors (Lipinski definition) is 1. The van der Waals surface area contributed by atoms with Crippen molar-refractivity contribution in [2.24, 2.45) is 11.7 Å². The average Bonchev–Trinajstić information content (AvgIpc) is 3.24. The molecular weight excluding hydrogens is 250 g/mol. The van der Waals surface area contributed by atoms with Gasteiger partial charge >= 0.3 is 0 Å². The zero-order valence-corrected chi connectivity index (χ0v) is 12.3. The molecule has 1 aliphatic carbocycles. The largest absolute Gasteiger partial charge is 0.371 e. The van der Waals surface area contributed by atoms with Gasteiger partial charge in [-0.3, -0.25) is 4.79 Å². The summed E-state index contributed by atoms with van der Waals surface area (Å²) in [6, 6.07) is 5.76. The Kier molecular flexibility index (Phi) is 3.42. The summed E-state index contributed by atoms with van der Waals surface area (Å²) in [7, 11) is 1.81. The molecule has 1 unspecified atom stereocenters. The summed E-state index contributed by atoms with van der Waals surface area (Å²) < 4.78 is 0. The first-order chi connectivity index (χ1) is 9.61. The van der Waals surface area contributed by atoms with Gasteiger partial charge in [-0.15, -0.1) is 0 Å². The zero-order valence-electron chi connectivity index (χ0n) is 12.3. The number of rotatable bonds is 5. The minimum absolute atomic E-state index is 0.0126. The van der Waals surface area contributed by atoms with Gasteiger partial charge in [0.15, 0.2) is 0 Å². The summed E-state index contributed by atoms with van der Waals surface area (Å²) >= 11 is 0. The van der Waals surface area contributed by atoms with Crippen LogP contribution in [-0.2, 0) is 4.79 Å². The molecule has 0 bridgehead atoms. The molecule has 0 spiro atoms. The maximum Gasteiger partial charge on any atom is 0.248 e. The molecule has 0 aromatic heterocycles. The molecule has 1 atom stereocenters. The Hall–Kier alpha value is -1.55. The van der Waals surface area contributed by atoms with E-state index < -0.39 is 6.04 Å². The Morgan fingerprint density at radius 3 is 2.80 bits per heavy atom. The van der Waals surface area contributed by atoms with Gasteiger partial charge in [0.2, 0.25) is 5.91 Å². The van der Waals surface area contributed by atoms with Crippen molar-refractivity contribution in [2.75, 3.05) is 29.9 Å². The highest BCUT2D eigenvalue weighted by atomic mass is 16.2. The van der Waals surface area contributed by atoms with Crippen LogP contribution in [0.1, 0.15) is 37.8 Å². The number of hydrogen-bond acceptors (Lipinski definition) is 3. The van der Waals surface area contributed by atoms with Gasteiger partial charge in [0.05, 0.1) is 5.69 Å². The van der Waals surface area contributed by atoms with Gasteiger partial charge in [-0.25, -0.2) is 0 Å². The molecule has 1 saturated carbocycles. The molecular formula is C16H23N3O. The van der Waals surface area contributed by atoms with Gasteiger partial charge in [0.1, 0.15) is 6.04 Å². The van der Waals surface area contributed by atoms with Crippen LogP contribution in [0.5, 0.6) is 0 Å². The zero-order chi connectivity index (χ0) is 14.3. The molecule has 2 aliphatic rings. The van der Waals surface area contributed by atoms with E-state index in [1.54, 1.807) is 4.90 Å². The number of fused-ring (bicyclic) bond motifs is 1. The highest BCUT2D eigenvalue weighted by Gasteiger charge is 2.33. The Labute approximate surface area is 120 Å². The standard InChI is InChI=1S/C16H23N3O/c1-3-8-19(10-11-4-5-11)12-6-7-13-14(9-12)18(2)16(20)15(13)17/h6-7,9,11,15H,3-5,8,10,17H2,1-2H3. The molecule has 1 fully saturated rings. The third-order valence-electron chi connectivity index (χ3n) is 4.34. The monoisotopic (exact) mass is 273 g/mol. The minimum atomic E-state index is -0.493. The number of carbonyl (C=O) groups excluding carboxylic acids is 1. The normalized spacial score (nSPS) is 21.2. The van der Waals surface area contributed by atoms with Gasteiger partial charge in [0, 0.05) is 31.4 Å². The summed E-state index contributed by atoms with van der Waals surface area (Å²) in [4.78, 5) is 16.1. The molecule has 20 heavy (non-hydrogen) atoms. The van der Waals surface area contributed by atoms with E-state index in [1.165, 1.54) is 18.5 Å². The van der Waals surface area contributed by atoms with E-state index in [0.29, 0.717) is 0 Å². The lowest BCUT2D eigenvalue weighted by molar-refractivity contribution is -0.118. The lowest BCUT2D eigenvalue weighted by atomic mass is 10.1. The summed E-state index contributed by atoms with van der Waals surface area (Å²) in [6.45, 7) is 4.41. The van der Waals surface area contributed by atoms with E-state index in [2.05, 4.69) is 24.0 Å². The first-order valence-electron chi connectivity index (χ1n) is 7.54. The van der Waals surface area contributed by atoms with E-state index >= 15 is 0 Å². The molecule has 4 nitrogen and oxygen atoms in total. The summed E-state index contributed by atoms with van der Waals surface area (Å²) in [5.74, 6) is 0.845. The van der Waals surface area contributed by atoms with Crippen LogP contribution in [0.15, 0.2) is 18.2 Å². The van der Waals surface area contributed by atoms with Crippen LogP contribution >= 0.6 is 0 Å². The van der Waals surface area contributed by atoms with Crippen LogP contribution in [0.3, 0.4) is 0 Å². The number of benzene rings is 1. The Bertz CT molecular complexity index is 524. The number of nitrogens with two attached hydrogens (primary N) is 1. The Balaban J connectivity index is 1.89. The predicted octanol–water partition coefficient (Wildman–Crippen LogP) is 2.29. The van der Waals surface area contributed by atoms with Crippen LogP contribution in [0.4, 0.5) is 11.4 Å². The van der Waals surface area contributed by atoms with Crippen molar-refractivity contribution in [2.45, 2.75) is 32.2 Å². The molecule has 0 saturated heterocycles. The van der Waals surface area contributed by atoms with Gasteiger partial charge in [-0.2, -0.15) is 0 Å². The smallest absolute Gasteiger partial charge is 0.248 e. The maximum absolute atomic E-state index is 11.9. The summed E-state index contributed by atoms with van der Waals surface area (Å²) in [5.41, 5.74) is 9.08. The van der Waals surface area contributed by atoms with Crippen molar-refractivity contribution in [3.8, 4) is 0 Å². The third-order valence-corrected chi connectivity index (χ3v) is 4.34. The van der Waals surface area contributed by atoms with Gasteiger partial charge in [-0.1, -0.05) is 13.0 Å². The molecule has 1 aromatic carbocycles. The topological polar surface area (TPSA) is 49.6 Å². The number of likely N-dealkylation sites (N-methyl/N-ethyl adjacent to an activating group) is 1. The predicted molar refractivity (Wildman–Crippen MR) is 82.0 cm³/mol. The van der Waals surface area contributed by atoms with Crippen molar-refractivity contribution in [3.05, 3.63) is 23.8 Å². The quantitative estimate of drug-likeness (QED) is 0.895. The average molecular weight is 273 g/mol. The maximum atomic E-state index is 11.9. The second-order valence-corrected chi connectivity index (χ2v) is 6.01. The van der Waals surface area contributed by atoms with E-state index in [-0.39, 0.29) is 5.91 Å². The first-order valence-corrected chi connectivity index (χ1v) is 7.54. The molecule has 3 rings (SSSR count). The number of carbonyl (C=O) groups is 1. The van der Waals surface area contributed by atoms with Crippen LogP contribution in [-0.4, -0.2) is 26.0 Å². The highest BCUT2D eigenvalue weighted by molar-refractivity contribution is 6.04. The fourth-order valence-corrected chi connectivity index (χ4v) is 2.95. The van der Waals surface area contributed by atoms with Crippen molar-refractivity contribution >= 4 is 17.3 Å². The molecule has 108 valence electrons. The van der Waals surface area contributed by atoms with E-state index in [0.717, 1.165) is 36.7 Å². The lowest BCUT2D eigenvalue weighted by Gasteiger charge is -2.25. The molecule has 1 heterocycles. The fraction of sp³-hybridized carbons (Fsp3) is 0.562. The van der Waals surface area contributed by atoms with Crippen molar-refractivity contribution < 1.29 is 4.79 Å². The SMILES string of the molecule is CCCN(CC1CC1)c1ccc2c(c1)N(C)C(=O)C2N. The Morgan fingerprint density at radius 2 is 2.15 bits per heavy atom. The second kappa shape index (κ2) is 5.09. The highest BCUT2D eigenvalue weighted by Crippen LogP contribution is 2.38. The van der Waals surface area contributed by atoms with Crippen molar-refractivity contribution in [1.82, 2.24) is 0 Å². The van der Waals surface area contributed by atoms with Gasteiger partial charge < -0.3 is 15.5 Å². The second-order valence-electron chi connectivity index (χ2n) is 6.01. The molecule has 1 aromatic rings. The van der Waals surface area contributed by atoms with E-state index in [4.69, 9.17) is 5.73 Å². The Morgan fingerprint density at radius 1 is 1.40 bits per heavy atom. The summed E-state index contributed by atoms with van der Waals surface area (Å²) in [6.07, 6.45) is 3.85. The van der Waals surface area contributed by atoms with E-state index in [1.807, 2.05) is 13.1 Å². The molecule has 1 amide bonds. The van der Waals surface area contributed by atoms with Crippen molar-refractivity contribution in [1.29, 1.82) is 0 Å². The van der Waals surface area contributed by atoms with Crippen LogP contribution < -0.4 is 15.5 Å². The van der Waals surface area contributed by atoms with E-state index in [9.17, 15) is 4.79 Å². The molecule has 2 N–H and O–H groups in total. The number of nitrogens with zero attached hydrogens (tertiary/aromatic N) is 2. The fourth-order valence-electron chi connectivity index (χ4n) is 2.95. The number of amides is 1. The third kappa shape index (κ3) is 2.29. The van der Waals surface area contributed by atoms with Crippen LogP contribution in [0.2, 0.25) is 0 Å². The number of anilines is 2. The first kappa shape index (κ1) is 13.4. The lowest BCUT2D eigenvalue weighted by Crippen LogP contribution is -2.28. The minimum Gasteiger partial charge on any atom is -0.371 e. The van der Waals surface area contributed by atoms with Crippen LogP contribution in [0.25, 0.3) is 0 Å². The molecule has 4 heteroatoms.